The van der Waals surface area contributed by atoms with E-state index in [1.54, 1.807) is 0 Å². The van der Waals surface area contributed by atoms with E-state index in [1.165, 1.54) is 25.6 Å². The fraction of sp³-hybridized carbons (Fsp3) is 0.625. The van der Waals surface area contributed by atoms with E-state index in [0.29, 0.717) is 22.6 Å². The van der Waals surface area contributed by atoms with Crippen LogP contribution in [0.15, 0.2) is 17.0 Å². The van der Waals surface area contributed by atoms with Gasteiger partial charge in [-0.15, -0.1) is 11.8 Å². The van der Waals surface area contributed by atoms with Gasteiger partial charge in [0, 0.05) is 10.6 Å². The lowest BCUT2D eigenvalue weighted by Gasteiger charge is -2.37. The second kappa shape index (κ2) is 6.35. The van der Waals surface area contributed by atoms with Crippen LogP contribution in [0.4, 0.5) is 26.3 Å². The molecule has 0 fully saturated rings. The summed E-state index contributed by atoms with van der Waals surface area (Å²) in [6.07, 6.45) is -10.2. The van der Waals surface area contributed by atoms with Gasteiger partial charge in [-0.1, -0.05) is 13.8 Å². The normalized spacial score (nSPS) is 18.2. The van der Waals surface area contributed by atoms with Gasteiger partial charge in [0.1, 0.15) is 0 Å². The van der Waals surface area contributed by atoms with Gasteiger partial charge in [0.05, 0.1) is 12.2 Å². The second-order valence-electron chi connectivity index (χ2n) is 6.84. The molecular formula is C16H18F6O2S. The van der Waals surface area contributed by atoms with Crippen molar-refractivity contribution in [2.24, 2.45) is 0 Å². The number of hydrogen-bond acceptors (Lipinski definition) is 3. The summed E-state index contributed by atoms with van der Waals surface area (Å²) in [7, 11) is 0. The minimum absolute atomic E-state index is 0.124. The van der Waals surface area contributed by atoms with Gasteiger partial charge < -0.3 is 10.2 Å². The van der Waals surface area contributed by atoms with E-state index in [1.807, 2.05) is 0 Å². The van der Waals surface area contributed by atoms with E-state index in [2.05, 4.69) is 0 Å². The van der Waals surface area contributed by atoms with E-state index in [0.717, 1.165) is 12.1 Å². The van der Waals surface area contributed by atoms with Gasteiger partial charge in [0.15, 0.2) is 5.60 Å². The number of alkyl halides is 6. The Hall–Kier alpha value is -0.930. The van der Waals surface area contributed by atoms with Crippen LogP contribution in [-0.4, -0.2) is 34.4 Å². The van der Waals surface area contributed by atoms with Crippen molar-refractivity contribution >= 4 is 11.8 Å². The lowest BCUT2D eigenvalue weighted by Crippen LogP contribution is -2.52. The Bertz CT molecular complexity index is 653. The predicted molar refractivity (Wildman–Crippen MR) is 81.6 cm³/mol. The summed E-state index contributed by atoms with van der Waals surface area (Å²) in [6, 6.07) is 1.87. The zero-order valence-electron chi connectivity index (χ0n) is 13.6. The van der Waals surface area contributed by atoms with Crippen molar-refractivity contribution < 1.29 is 36.6 Å². The minimum atomic E-state index is -5.10. The highest BCUT2D eigenvalue weighted by Crippen LogP contribution is 2.47. The molecule has 0 amide bonds. The average molecular weight is 388 g/mol. The summed E-state index contributed by atoms with van der Waals surface area (Å²) >= 11 is 1.22. The standard InChI is InChI=1S/C16H18F6O2S/c1-13(2,7-14(24,8-23)16(20,21)22)11-5-9(15(17,18)19)6-12-10(11)3-4-25-12/h5-6,23-24H,3-4,7-8H2,1-2H3/t14-/m0/s1. The Morgan fingerprint density at radius 1 is 1.08 bits per heavy atom. The third-order valence-corrected chi connectivity index (χ3v) is 5.48. The molecule has 0 saturated heterocycles. The number of fused-ring (bicyclic) bond motifs is 1. The van der Waals surface area contributed by atoms with E-state index in [9.17, 15) is 31.4 Å². The van der Waals surface area contributed by atoms with Crippen LogP contribution in [0.1, 0.15) is 37.0 Å². The zero-order chi connectivity index (χ0) is 19.3. The molecule has 0 aliphatic carbocycles. The number of aliphatic hydroxyl groups is 2. The molecule has 1 aromatic carbocycles. The van der Waals surface area contributed by atoms with Crippen LogP contribution in [0.5, 0.6) is 0 Å². The molecule has 9 heteroatoms. The van der Waals surface area contributed by atoms with Crippen LogP contribution in [0.25, 0.3) is 0 Å². The Kier molecular flexibility index (Phi) is 5.18. The van der Waals surface area contributed by atoms with E-state index >= 15 is 0 Å². The lowest BCUT2D eigenvalue weighted by molar-refractivity contribution is -0.277. The molecule has 1 heterocycles. The van der Waals surface area contributed by atoms with Crippen molar-refractivity contribution in [2.45, 2.75) is 55.0 Å². The first-order valence-corrected chi connectivity index (χ1v) is 8.47. The second-order valence-corrected chi connectivity index (χ2v) is 7.98. The van der Waals surface area contributed by atoms with Crippen molar-refractivity contribution in [1.29, 1.82) is 0 Å². The number of halogens is 6. The van der Waals surface area contributed by atoms with Crippen molar-refractivity contribution in [3.8, 4) is 0 Å². The van der Waals surface area contributed by atoms with Gasteiger partial charge in [-0.2, -0.15) is 26.3 Å². The molecule has 1 aliphatic heterocycles. The Morgan fingerprint density at radius 2 is 1.68 bits per heavy atom. The fourth-order valence-corrected chi connectivity index (χ4v) is 4.26. The lowest BCUT2D eigenvalue weighted by atomic mass is 9.72. The van der Waals surface area contributed by atoms with E-state index in [4.69, 9.17) is 5.11 Å². The maximum absolute atomic E-state index is 13.1. The first kappa shape index (κ1) is 20.4. The number of benzene rings is 1. The largest absolute Gasteiger partial charge is 0.419 e. The van der Waals surface area contributed by atoms with E-state index in [-0.39, 0.29) is 5.56 Å². The average Bonchev–Trinajstić information content (AvgIpc) is 2.91. The zero-order valence-corrected chi connectivity index (χ0v) is 14.4. The van der Waals surface area contributed by atoms with Gasteiger partial charge >= 0.3 is 12.4 Å². The van der Waals surface area contributed by atoms with Crippen LogP contribution in [0.3, 0.4) is 0 Å². The van der Waals surface area contributed by atoms with Crippen molar-refractivity contribution in [1.82, 2.24) is 0 Å². The molecule has 1 aliphatic rings. The molecule has 142 valence electrons. The first-order valence-electron chi connectivity index (χ1n) is 7.49. The topological polar surface area (TPSA) is 40.5 Å². The monoisotopic (exact) mass is 388 g/mol. The molecule has 2 N–H and O–H groups in total. The molecule has 25 heavy (non-hydrogen) atoms. The Morgan fingerprint density at radius 3 is 2.16 bits per heavy atom. The van der Waals surface area contributed by atoms with Crippen LogP contribution in [0, 0.1) is 0 Å². The number of rotatable bonds is 4. The highest BCUT2D eigenvalue weighted by molar-refractivity contribution is 7.99. The summed E-state index contributed by atoms with van der Waals surface area (Å²) in [5.41, 5.74) is -5.04. The van der Waals surface area contributed by atoms with Gasteiger partial charge in [-0.25, -0.2) is 0 Å². The molecule has 0 bridgehead atoms. The molecule has 0 unspecified atom stereocenters. The number of thioether (sulfide) groups is 1. The van der Waals surface area contributed by atoms with Crippen LogP contribution < -0.4 is 0 Å². The quantitative estimate of drug-likeness (QED) is 0.756. The van der Waals surface area contributed by atoms with Crippen LogP contribution in [0.2, 0.25) is 0 Å². The number of hydrogen-bond donors (Lipinski definition) is 2. The predicted octanol–water partition coefficient (Wildman–Crippen LogP) is 4.31. The first-order chi connectivity index (χ1) is 11.2. The van der Waals surface area contributed by atoms with Crippen molar-refractivity contribution in [3.05, 3.63) is 28.8 Å². The minimum Gasteiger partial charge on any atom is -0.393 e. The summed E-state index contributed by atoms with van der Waals surface area (Å²) in [5.74, 6) is 0.545. The van der Waals surface area contributed by atoms with Gasteiger partial charge in [-0.3, -0.25) is 0 Å². The molecule has 0 aromatic heterocycles. The van der Waals surface area contributed by atoms with Gasteiger partial charge in [-0.05, 0) is 41.5 Å². The number of aliphatic hydroxyl groups excluding tert-OH is 1. The SMILES string of the molecule is CC(C)(C[C@](O)(CO)C(F)(F)F)c1cc(C(F)(F)F)cc2c1CCS2. The molecule has 1 atom stereocenters. The molecule has 0 spiro atoms. The van der Waals surface area contributed by atoms with Gasteiger partial charge in [0.25, 0.3) is 0 Å². The van der Waals surface area contributed by atoms with Crippen molar-refractivity contribution in [3.63, 3.8) is 0 Å². The molecule has 2 nitrogen and oxygen atoms in total. The van der Waals surface area contributed by atoms with Crippen molar-refractivity contribution in [2.75, 3.05) is 12.4 Å². The Labute approximate surface area is 145 Å². The smallest absolute Gasteiger partial charge is 0.393 e. The third kappa shape index (κ3) is 3.93. The summed E-state index contributed by atoms with van der Waals surface area (Å²) in [5, 5.41) is 18.9. The van der Waals surface area contributed by atoms with Crippen LogP contribution in [-0.2, 0) is 18.0 Å². The molecular weight excluding hydrogens is 370 g/mol. The Balaban J connectivity index is 2.54. The third-order valence-electron chi connectivity index (χ3n) is 4.40. The van der Waals surface area contributed by atoms with Gasteiger partial charge in [0.2, 0.25) is 0 Å². The molecule has 2 rings (SSSR count). The van der Waals surface area contributed by atoms with E-state index < -0.39 is 42.0 Å². The molecule has 0 saturated carbocycles. The maximum atomic E-state index is 13.1. The highest BCUT2D eigenvalue weighted by Gasteiger charge is 2.56. The molecule has 0 radical (unpaired) electrons. The fourth-order valence-electron chi connectivity index (χ4n) is 3.13. The van der Waals surface area contributed by atoms with Crippen LogP contribution >= 0.6 is 11.8 Å². The highest BCUT2D eigenvalue weighted by atomic mass is 32.2. The summed E-state index contributed by atoms with van der Waals surface area (Å²) in [4.78, 5) is 0.400. The maximum Gasteiger partial charge on any atom is 0.419 e. The summed E-state index contributed by atoms with van der Waals surface area (Å²) < 4.78 is 78.7. The molecule has 1 aromatic rings. The summed E-state index contributed by atoms with van der Waals surface area (Å²) in [6.45, 7) is 1.13.